The Morgan fingerprint density at radius 2 is 1.89 bits per heavy atom. The number of aliphatic hydroxyl groups excluding tert-OH is 2. The second kappa shape index (κ2) is 7.63. The fourth-order valence-corrected chi connectivity index (χ4v) is 2.30. The van der Waals surface area contributed by atoms with Crippen molar-refractivity contribution in [1.29, 1.82) is 0 Å². The van der Waals surface area contributed by atoms with Crippen molar-refractivity contribution in [3.8, 4) is 0 Å². The summed E-state index contributed by atoms with van der Waals surface area (Å²) in [5, 5.41) is 18.6. The highest BCUT2D eigenvalue weighted by Gasteiger charge is 2.23. The molecule has 3 heteroatoms. The first-order chi connectivity index (χ1) is 8.99. The molecule has 0 saturated carbocycles. The zero-order valence-electron chi connectivity index (χ0n) is 12.4. The molecule has 0 saturated heterocycles. The molecule has 0 radical (unpaired) electrons. The van der Waals surface area contributed by atoms with Crippen LogP contribution in [0.4, 0.5) is 0 Å². The molecule has 0 amide bonds. The van der Waals surface area contributed by atoms with E-state index >= 15 is 0 Å². The van der Waals surface area contributed by atoms with Crippen molar-refractivity contribution in [2.24, 2.45) is 5.41 Å². The molecule has 108 valence electrons. The molecule has 1 aromatic carbocycles. The second-order valence-corrected chi connectivity index (χ2v) is 5.96. The van der Waals surface area contributed by atoms with Crippen LogP contribution < -0.4 is 0 Å². The Hall–Kier alpha value is -0.900. The molecule has 0 spiro atoms. The lowest BCUT2D eigenvalue weighted by Crippen LogP contribution is -2.39. The molecule has 0 aliphatic heterocycles. The van der Waals surface area contributed by atoms with E-state index in [0.29, 0.717) is 6.54 Å². The van der Waals surface area contributed by atoms with Gasteiger partial charge in [0.15, 0.2) is 0 Å². The molecule has 1 rings (SSSR count). The van der Waals surface area contributed by atoms with Gasteiger partial charge in [0.2, 0.25) is 0 Å². The van der Waals surface area contributed by atoms with Crippen LogP contribution in [0.1, 0.15) is 24.5 Å². The van der Waals surface area contributed by atoms with Crippen LogP contribution >= 0.6 is 0 Å². The first-order valence-electron chi connectivity index (χ1n) is 6.95. The molecule has 0 aliphatic carbocycles. The molecular weight excluding hydrogens is 238 g/mol. The summed E-state index contributed by atoms with van der Waals surface area (Å²) < 4.78 is 0. The van der Waals surface area contributed by atoms with Crippen molar-refractivity contribution < 1.29 is 10.2 Å². The lowest BCUT2D eigenvalue weighted by molar-refractivity contribution is 0.0418. The molecule has 2 N–H and O–H groups in total. The summed E-state index contributed by atoms with van der Waals surface area (Å²) >= 11 is 0. The van der Waals surface area contributed by atoms with Crippen LogP contribution in [0.15, 0.2) is 24.3 Å². The van der Waals surface area contributed by atoms with Crippen molar-refractivity contribution in [1.82, 2.24) is 4.90 Å². The van der Waals surface area contributed by atoms with E-state index in [0.717, 1.165) is 19.4 Å². The smallest absolute Gasteiger partial charge is 0.0519 e. The zero-order chi connectivity index (χ0) is 14.3. The van der Waals surface area contributed by atoms with Gasteiger partial charge in [0.05, 0.1) is 13.2 Å². The molecular formula is C16H27NO2. The number of benzene rings is 1. The summed E-state index contributed by atoms with van der Waals surface area (Å²) in [5.74, 6) is 0. The Labute approximate surface area is 116 Å². The van der Waals surface area contributed by atoms with Gasteiger partial charge in [0, 0.05) is 12.0 Å². The first kappa shape index (κ1) is 16.2. The second-order valence-electron chi connectivity index (χ2n) is 5.96. The fraction of sp³-hybridized carbons (Fsp3) is 0.625. The molecule has 0 bridgehead atoms. The summed E-state index contributed by atoms with van der Waals surface area (Å²) in [6.45, 7) is 5.75. The maximum absolute atomic E-state index is 9.28. The van der Waals surface area contributed by atoms with Gasteiger partial charge in [-0.3, -0.25) is 0 Å². The lowest BCUT2D eigenvalue weighted by Gasteiger charge is -2.30. The maximum Gasteiger partial charge on any atom is 0.0519 e. The van der Waals surface area contributed by atoms with Gasteiger partial charge in [-0.05, 0) is 38.9 Å². The van der Waals surface area contributed by atoms with Gasteiger partial charge in [0.1, 0.15) is 0 Å². The van der Waals surface area contributed by atoms with Gasteiger partial charge in [-0.25, -0.2) is 0 Å². The van der Waals surface area contributed by atoms with Gasteiger partial charge in [-0.2, -0.15) is 0 Å². The average molecular weight is 265 g/mol. The van der Waals surface area contributed by atoms with Gasteiger partial charge in [-0.1, -0.05) is 36.8 Å². The van der Waals surface area contributed by atoms with Crippen molar-refractivity contribution in [3.05, 3.63) is 35.4 Å². The van der Waals surface area contributed by atoms with Crippen molar-refractivity contribution >= 4 is 0 Å². The van der Waals surface area contributed by atoms with E-state index in [1.165, 1.54) is 11.1 Å². The SMILES string of the molecule is Cc1cccc(CCCN(C)CC(C)(CO)CO)c1. The molecule has 19 heavy (non-hydrogen) atoms. The topological polar surface area (TPSA) is 43.7 Å². The molecule has 0 aromatic heterocycles. The van der Waals surface area contributed by atoms with E-state index in [4.69, 9.17) is 0 Å². The first-order valence-corrected chi connectivity index (χ1v) is 6.95. The highest BCUT2D eigenvalue weighted by atomic mass is 16.3. The van der Waals surface area contributed by atoms with Gasteiger partial charge < -0.3 is 15.1 Å². The molecule has 3 nitrogen and oxygen atoms in total. The van der Waals surface area contributed by atoms with E-state index < -0.39 is 5.41 Å². The van der Waals surface area contributed by atoms with Crippen LogP contribution in [0.3, 0.4) is 0 Å². The van der Waals surface area contributed by atoms with Crippen LogP contribution in [0.2, 0.25) is 0 Å². The monoisotopic (exact) mass is 265 g/mol. The van der Waals surface area contributed by atoms with Crippen LogP contribution in [-0.4, -0.2) is 48.5 Å². The molecule has 1 aromatic rings. The highest BCUT2D eigenvalue weighted by molar-refractivity contribution is 5.22. The summed E-state index contributed by atoms with van der Waals surface area (Å²) in [4.78, 5) is 2.18. The molecule has 0 unspecified atom stereocenters. The Morgan fingerprint density at radius 1 is 1.21 bits per heavy atom. The number of hydrogen-bond donors (Lipinski definition) is 2. The number of nitrogens with zero attached hydrogens (tertiary/aromatic N) is 1. The number of aliphatic hydroxyl groups is 2. The van der Waals surface area contributed by atoms with E-state index in [1.807, 2.05) is 14.0 Å². The number of aryl methyl sites for hydroxylation is 2. The molecule has 0 atom stereocenters. The summed E-state index contributed by atoms with van der Waals surface area (Å²) in [6.07, 6.45) is 2.16. The molecule has 0 heterocycles. The van der Waals surface area contributed by atoms with Crippen molar-refractivity contribution in [3.63, 3.8) is 0 Å². The van der Waals surface area contributed by atoms with E-state index in [1.54, 1.807) is 0 Å². The van der Waals surface area contributed by atoms with Crippen molar-refractivity contribution in [2.75, 3.05) is 33.4 Å². The third-order valence-corrected chi connectivity index (χ3v) is 3.50. The normalized spacial score (nSPS) is 12.1. The van der Waals surface area contributed by atoms with Crippen LogP contribution in [0.5, 0.6) is 0 Å². The predicted octanol–water partition coefficient (Wildman–Crippen LogP) is 1.85. The van der Waals surface area contributed by atoms with E-state index in [2.05, 4.69) is 36.1 Å². The minimum Gasteiger partial charge on any atom is -0.396 e. The minimum atomic E-state index is -0.405. The number of rotatable bonds is 8. The predicted molar refractivity (Wildman–Crippen MR) is 79.3 cm³/mol. The average Bonchev–Trinajstić information content (AvgIpc) is 2.38. The zero-order valence-corrected chi connectivity index (χ0v) is 12.4. The third kappa shape index (κ3) is 5.72. The Bertz CT molecular complexity index is 375. The van der Waals surface area contributed by atoms with Gasteiger partial charge in [0.25, 0.3) is 0 Å². The van der Waals surface area contributed by atoms with Crippen LogP contribution in [-0.2, 0) is 6.42 Å². The van der Waals surface area contributed by atoms with E-state index in [-0.39, 0.29) is 13.2 Å². The number of hydrogen-bond acceptors (Lipinski definition) is 3. The Kier molecular flexibility index (Phi) is 6.49. The van der Waals surface area contributed by atoms with E-state index in [9.17, 15) is 10.2 Å². The Balaban J connectivity index is 2.33. The summed E-state index contributed by atoms with van der Waals surface area (Å²) in [6, 6.07) is 8.61. The van der Waals surface area contributed by atoms with Crippen molar-refractivity contribution in [2.45, 2.75) is 26.7 Å². The van der Waals surface area contributed by atoms with Crippen LogP contribution in [0, 0.1) is 12.3 Å². The van der Waals surface area contributed by atoms with Crippen LogP contribution in [0.25, 0.3) is 0 Å². The maximum atomic E-state index is 9.28. The molecule has 0 fully saturated rings. The largest absolute Gasteiger partial charge is 0.396 e. The highest BCUT2D eigenvalue weighted by Crippen LogP contribution is 2.16. The quantitative estimate of drug-likeness (QED) is 0.754. The van der Waals surface area contributed by atoms with Gasteiger partial charge in [-0.15, -0.1) is 0 Å². The van der Waals surface area contributed by atoms with Gasteiger partial charge >= 0.3 is 0 Å². The fourth-order valence-electron chi connectivity index (χ4n) is 2.30. The summed E-state index contributed by atoms with van der Waals surface area (Å²) in [7, 11) is 2.04. The third-order valence-electron chi connectivity index (χ3n) is 3.50. The summed E-state index contributed by atoms with van der Waals surface area (Å²) in [5.41, 5.74) is 2.28. The molecule has 0 aliphatic rings. The Morgan fingerprint density at radius 3 is 2.47 bits per heavy atom. The lowest BCUT2D eigenvalue weighted by atomic mass is 9.92. The minimum absolute atomic E-state index is 0.0196. The standard InChI is InChI=1S/C16H27NO2/c1-14-6-4-7-15(10-14)8-5-9-17(3)11-16(2,12-18)13-19/h4,6-7,10,18-19H,5,8-9,11-13H2,1-3H3.